The quantitative estimate of drug-likeness (QED) is 0.189. The molecule has 0 aliphatic rings. The van der Waals surface area contributed by atoms with Crippen molar-refractivity contribution in [1.82, 2.24) is 5.32 Å². The van der Waals surface area contributed by atoms with E-state index in [-0.39, 0.29) is 5.91 Å². The predicted molar refractivity (Wildman–Crippen MR) is 116 cm³/mol. The molecular weight excluding hydrogens is 354 g/mol. The first-order valence-electron chi connectivity index (χ1n) is 11.7. The molecule has 0 aliphatic carbocycles. The molecule has 0 spiro atoms. The second-order valence-electron chi connectivity index (χ2n) is 7.52. The molecule has 0 aliphatic heterocycles. The summed E-state index contributed by atoms with van der Waals surface area (Å²) in [5.41, 5.74) is 0. The lowest BCUT2D eigenvalue weighted by molar-refractivity contribution is -0.121. The van der Waals surface area contributed by atoms with E-state index in [1.54, 1.807) is 0 Å². The highest BCUT2D eigenvalue weighted by atomic mass is 16.5. The van der Waals surface area contributed by atoms with Crippen LogP contribution in [0.2, 0.25) is 0 Å². The number of carbonyl (C=O) groups excluding carboxylic acids is 2. The van der Waals surface area contributed by atoms with Gasteiger partial charge in [0.25, 0.3) is 0 Å². The lowest BCUT2D eigenvalue weighted by atomic mass is 10.0. The third-order valence-electron chi connectivity index (χ3n) is 4.83. The SMILES string of the molecule is CCCCCCCCCCCCCCCC(=O)NCCOCCOCCC=O. The summed E-state index contributed by atoms with van der Waals surface area (Å²) in [6, 6.07) is 0. The maximum atomic E-state index is 11.7. The lowest BCUT2D eigenvalue weighted by Gasteiger charge is -2.07. The van der Waals surface area contributed by atoms with E-state index < -0.39 is 0 Å². The van der Waals surface area contributed by atoms with Gasteiger partial charge in [-0.15, -0.1) is 0 Å². The van der Waals surface area contributed by atoms with Gasteiger partial charge in [-0.05, 0) is 6.42 Å². The van der Waals surface area contributed by atoms with E-state index in [1.807, 2.05) is 0 Å². The van der Waals surface area contributed by atoms with Gasteiger partial charge in [0.1, 0.15) is 6.29 Å². The Morgan fingerprint density at radius 3 is 1.75 bits per heavy atom. The Morgan fingerprint density at radius 2 is 1.21 bits per heavy atom. The van der Waals surface area contributed by atoms with Crippen LogP contribution in [0.5, 0.6) is 0 Å². The van der Waals surface area contributed by atoms with Crippen molar-refractivity contribution in [3.63, 3.8) is 0 Å². The van der Waals surface area contributed by atoms with Gasteiger partial charge >= 0.3 is 0 Å². The molecule has 0 aromatic rings. The van der Waals surface area contributed by atoms with E-state index in [2.05, 4.69) is 12.2 Å². The van der Waals surface area contributed by atoms with Gasteiger partial charge < -0.3 is 19.6 Å². The fraction of sp³-hybridized carbons (Fsp3) is 0.913. The molecule has 0 aromatic heterocycles. The molecular formula is C23H45NO4. The average Bonchev–Trinajstić information content (AvgIpc) is 2.70. The average molecular weight is 400 g/mol. The van der Waals surface area contributed by atoms with Crippen LogP contribution in [0.3, 0.4) is 0 Å². The summed E-state index contributed by atoms with van der Waals surface area (Å²) in [5.74, 6) is 0.119. The summed E-state index contributed by atoms with van der Waals surface area (Å²) in [6.07, 6.45) is 19.0. The summed E-state index contributed by atoms with van der Waals surface area (Å²) < 4.78 is 10.5. The molecule has 1 N–H and O–H groups in total. The van der Waals surface area contributed by atoms with Gasteiger partial charge in [-0.25, -0.2) is 0 Å². The van der Waals surface area contributed by atoms with Crippen molar-refractivity contribution in [1.29, 1.82) is 0 Å². The Morgan fingerprint density at radius 1 is 0.714 bits per heavy atom. The highest BCUT2D eigenvalue weighted by Gasteiger charge is 2.00. The number of hydrogen-bond donors (Lipinski definition) is 1. The maximum Gasteiger partial charge on any atom is 0.220 e. The second-order valence-corrected chi connectivity index (χ2v) is 7.52. The van der Waals surface area contributed by atoms with Crippen molar-refractivity contribution in [3.05, 3.63) is 0 Å². The minimum atomic E-state index is 0.119. The molecule has 28 heavy (non-hydrogen) atoms. The summed E-state index contributed by atoms with van der Waals surface area (Å²) in [7, 11) is 0. The second kappa shape index (κ2) is 24.1. The number of carbonyl (C=O) groups is 2. The topological polar surface area (TPSA) is 64.6 Å². The minimum Gasteiger partial charge on any atom is -0.379 e. The molecule has 5 heteroatoms. The summed E-state index contributed by atoms with van der Waals surface area (Å²) in [6.45, 7) is 4.74. The molecule has 0 fully saturated rings. The Balaban J connectivity index is 3.14. The molecule has 0 saturated carbocycles. The van der Waals surface area contributed by atoms with E-state index in [1.165, 1.54) is 70.6 Å². The van der Waals surface area contributed by atoms with Crippen LogP contribution in [0.1, 0.15) is 103 Å². The van der Waals surface area contributed by atoms with Crippen LogP contribution in [0.4, 0.5) is 0 Å². The largest absolute Gasteiger partial charge is 0.379 e. The number of unbranched alkanes of at least 4 members (excludes halogenated alkanes) is 12. The van der Waals surface area contributed by atoms with Crippen molar-refractivity contribution < 1.29 is 19.1 Å². The summed E-state index contributed by atoms with van der Waals surface area (Å²) >= 11 is 0. The highest BCUT2D eigenvalue weighted by molar-refractivity contribution is 5.75. The van der Waals surface area contributed by atoms with Crippen LogP contribution in [0.15, 0.2) is 0 Å². The van der Waals surface area contributed by atoms with Crippen molar-refractivity contribution in [2.24, 2.45) is 0 Å². The molecule has 0 radical (unpaired) electrons. The molecule has 0 bridgehead atoms. The van der Waals surface area contributed by atoms with Gasteiger partial charge in [-0.2, -0.15) is 0 Å². The van der Waals surface area contributed by atoms with Crippen LogP contribution in [-0.2, 0) is 19.1 Å². The molecule has 0 aromatic carbocycles. The zero-order valence-electron chi connectivity index (χ0n) is 18.4. The van der Waals surface area contributed by atoms with Gasteiger partial charge in [-0.1, -0.05) is 84.0 Å². The summed E-state index contributed by atoms with van der Waals surface area (Å²) in [5, 5.41) is 2.89. The number of amides is 1. The standard InChI is InChI=1S/C23H45NO4/c1-2-3-4-5-6-7-8-9-10-11-12-13-14-16-23(26)24-17-20-28-22-21-27-19-15-18-25/h18H,2-17,19-22H2,1H3,(H,24,26). The van der Waals surface area contributed by atoms with Gasteiger partial charge in [0.05, 0.1) is 26.4 Å². The smallest absolute Gasteiger partial charge is 0.220 e. The van der Waals surface area contributed by atoms with E-state index in [9.17, 15) is 9.59 Å². The zero-order valence-corrected chi connectivity index (χ0v) is 18.4. The molecule has 1 amide bonds. The van der Waals surface area contributed by atoms with Gasteiger partial charge in [0.2, 0.25) is 5.91 Å². The molecule has 0 rings (SSSR count). The Hall–Kier alpha value is -0.940. The number of rotatable bonds is 23. The van der Waals surface area contributed by atoms with E-state index in [0.29, 0.717) is 45.8 Å². The molecule has 5 nitrogen and oxygen atoms in total. The first-order valence-corrected chi connectivity index (χ1v) is 11.7. The lowest BCUT2D eigenvalue weighted by Crippen LogP contribution is -2.27. The van der Waals surface area contributed by atoms with E-state index >= 15 is 0 Å². The fourth-order valence-electron chi connectivity index (χ4n) is 3.11. The number of aldehydes is 1. The van der Waals surface area contributed by atoms with Crippen molar-refractivity contribution in [2.45, 2.75) is 103 Å². The van der Waals surface area contributed by atoms with Crippen LogP contribution in [-0.4, -0.2) is 45.2 Å². The number of ether oxygens (including phenoxy) is 2. The third kappa shape index (κ3) is 23.1. The number of hydrogen-bond acceptors (Lipinski definition) is 4. The fourth-order valence-corrected chi connectivity index (χ4v) is 3.11. The number of nitrogens with one attached hydrogen (secondary N) is 1. The Bertz CT molecular complexity index is 337. The molecule has 0 unspecified atom stereocenters. The van der Waals surface area contributed by atoms with Crippen molar-refractivity contribution in [2.75, 3.05) is 33.0 Å². The van der Waals surface area contributed by atoms with Gasteiger partial charge in [-0.3, -0.25) is 4.79 Å². The van der Waals surface area contributed by atoms with Crippen LogP contribution in [0.25, 0.3) is 0 Å². The Kier molecular flexibility index (Phi) is 23.3. The third-order valence-corrected chi connectivity index (χ3v) is 4.83. The van der Waals surface area contributed by atoms with Crippen molar-refractivity contribution in [3.8, 4) is 0 Å². The normalized spacial score (nSPS) is 10.9. The first-order chi connectivity index (χ1) is 13.8. The van der Waals surface area contributed by atoms with Crippen LogP contribution < -0.4 is 5.32 Å². The van der Waals surface area contributed by atoms with Gasteiger partial charge in [0.15, 0.2) is 0 Å². The van der Waals surface area contributed by atoms with Crippen LogP contribution >= 0.6 is 0 Å². The zero-order chi connectivity index (χ0) is 20.5. The van der Waals surface area contributed by atoms with Crippen molar-refractivity contribution >= 4 is 12.2 Å². The first kappa shape index (κ1) is 27.1. The van der Waals surface area contributed by atoms with E-state index in [4.69, 9.17) is 9.47 Å². The molecule has 0 saturated heterocycles. The Labute approximate surface area is 173 Å². The monoisotopic (exact) mass is 399 g/mol. The predicted octanol–water partition coefficient (Wildman–Crippen LogP) is 5.21. The van der Waals surface area contributed by atoms with E-state index in [0.717, 1.165) is 19.1 Å². The van der Waals surface area contributed by atoms with Gasteiger partial charge in [0, 0.05) is 19.4 Å². The van der Waals surface area contributed by atoms with Crippen LogP contribution in [0, 0.1) is 0 Å². The molecule has 0 heterocycles. The maximum absolute atomic E-state index is 11.7. The minimum absolute atomic E-state index is 0.119. The highest BCUT2D eigenvalue weighted by Crippen LogP contribution is 2.12. The molecule has 166 valence electrons. The molecule has 0 atom stereocenters. The summed E-state index contributed by atoms with van der Waals surface area (Å²) in [4.78, 5) is 21.8.